The number of primary amides is 1. The normalized spacial score (nSPS) is 10.7. The van der Waals surface area contributed by atoms with Gasteiger partial charge in [-0.2, -0.15) is 0 Å². The summed E-state index contributed by atoms with van der Waals surface area (Å²) in [6.45, 7) is 0. The van der Waals surface area contributed by atoms with Crippen molar-refractivity contribution >= 4 is 5.91 Å². The molecule has 2 heteroatoms. The molecular weight excluding hydrogens is 186 g/mol. The minimum absolute atomic E-state index is 0.363. The lowest BCUT2D eigenvalue weighted by molar-refractivity contribution is -0.113. The molecule has 0 unspecified atom stereocenters. The Bertz CT molecular complexity index is 317. The van der Waals surface area contributed by atoms with Gasteiger partial charge >= 0.3 is 0 Å². The van der Waals surface area contributed by atoms with Gasteiger partial charge in [-0.25, -0.2) is 0 Å². The van der Waals surface area contributed by atoms with Crippen molar-refractivity contribution in [3.8, 4) is 0 Å². The molecule has 2 N–H and O–H groups in total. The molecule has 0 atom stereocenters. The number of carbonyl (C=O) groups excluding carboxylic acids is 1. The third-order valence-corrected chi connectivity index (χ3v) is 2.21. The van der Waals surface area contributed by atoms with E-state index < -0.39 is 0 Å². The molecule has 0 radical (unpaired) electrons. The topological polar surface area (TPSA) is 43.1 Å². The molecular formula is C13H17NO. The van der Waals surface area contributed by atoms with Crippen molar-refractivity contribution in [2.24, 2.45) is 5.73 Å². The third-order valence-electron chi connectivity index (χ3n) is 2.21. The van der Waals surface area contributed by atoms with Crippen molar-refractivity contribution in [1.82, 2.24) is 0 Å². The van der Waals surface area contributed by atoms with Gasteiger partial charge in [0.25, 0.3) is 0 Å². The minimum atomic E-state index is -0.363. The average molecular weight is 203 g/mol. The highest BCUT2D eigenvalue weighted by Crippen LogP contribution is 2.06. The fourth-order valence-electron chi connectivity index (χ4n) is 1.44. The number of nitrogens with two attached hydrogens (primary N) is 1. The van der Waals surface area contributed by atoms with E-state index in [0.717, 1.165) is 25.7 Å². The Morgan fingerprint density at radius 2 is 1.93 bits per heavy atom. The van der Waals surface area contributed by atoms with E-state index in [9.17, 15) is 4.79 Å². The van der Waals surface area contributed by atoms with Crippen molar-refractivity contribution in [3.63, 3.8) is 0 Å². The Hall–Kier alpha value is -1.57. The molecule has 15 heavy (non-hydrogen) atoms. The third kappa shape index (κ3) is 5.68. The van der Waals surface area contributed by atoms with Crippen LogP contribution < -0.4 is 5.73 Å². The first-order valence-electron chi connectivity index (χ1n) is 5.29. The number of benzene rings is 1. The first-order chi connectivity index (χ1) is 7.29. The second-order valence-corrected chi connectivity index (χ2v) is 3.54. The SMILES string of the molecule is NC(=O)/C=C/CCCCc1ccccc1. The van der Waals surface area contributed by atoms with E-state index in [1.807, 2.05) is 12.1 Å². The monoisotopic (exact) mass is 203 g/mol. The Morgan fingerprint density at radius 1 is 1.20 bits per heavy atom. The van der Waals surface area contributed by atoms with Crippen molar-refractivity contribution in [2.45, 2.75) is 25.7 Å². The quantitative estimate of drug-likeness (QED) is 0.560. The number of aryl methyl sites for hydroxylation is 1. The minimum Gasteiger partial charge on any atom is -0.366 e. The molecule has 0 saturated carbocycles. The van der Waals surface area contributed by atoms with Gasteiger partial charge in [-0.3, -0.25) is 4.79 Å². The van der Waals surface area contributed by atoms with E-state index in [-0.39, 0.29) is 5.91 Å². The standard InChI is InChI=1S/C13H17NO/c14-13(15)11-7-2-1-4-8-12-9-5-3-6-10-12/h3,5-7,9-11H,1-2,4,8H2,(H2,14,15)/b11-7+. The van der Waals surface area contributed by atoms with Gasteiger partial charge in [-0.15, -0.1) is 0 Å². The lowest BCUT2D eigenvalue weighted by atomic mass is 10.1. The molecule has 0 aliphatic heterocycles. The van der Waals surface area contributed by atoms with Crippen molar-refractivity contribution < 1.29 is 4.79 Å². The average Bonchev–Trinajstić information content (AvgIpc) is 2.24. The van der Waals surface area contributed by atoms with Crippen molar-refractivity contribution in [2.75, 3.05) is 0 Å². The Balaban J connectivity index is 2.10. The van der Waals surface area contributed by atoms with E-state index in [4.69, 9.17) is 5.73 Å². The summed E-state index contributed by atoms with van der Waals surface area (Å²) in [6.07, 6.45) is 7.54. The number of rotatable bonds is 6. The number of carbonyl (C=O) groups is 1. The Kier molecular flexibility index (Phi) is 5.23. The van der Waals surface area contributed by atoms with E-state index in [1.54, 1.807) is 0 Å². The molecule has 2 nitrogen and oxygen atoms in total. The molecule has 0 bridgehead atoms. The van der Waals surface area contributed by atoms with Crippen LogP contribution in [0.2, 0.25) is 0 Å². The summed E-state index contributed by atoms with van der Waals surface area (Å²) < 4.78 is 0. The predicted molar refractivity (Wildman–Crippen MR) is 62.3 cm³/mol. The van der Waals surface area contributed by atoms with Crippen LogP contribution >= 0.6 is 0 Å². The summed E-state index contributed by atoms with van der Waals surface area (Å²) in [5.74, 6) is -0.363. The van der Waals surface area contributed by atoms with Crippen LogP contribution in [0.3, 0.4) is 0 Å². The number of unbranched alkanes of at least 4 members (excludes halogenated alkanes) is 2. The summed E-state index contributed by atoms with van der Waals surface area (Å²) in [6, 6.07) is 10.4. The first kappa shape index (κ1) is 11.5. The molecule has 0 fully saturated rings. The van der Waals surface area contributed by atoms with Crippen LogP contribution in [-0.2, 0) is 11.2 Å². The predicted octanol–water partition coefficient (Wildman–Crippen LogP) is 2.44. The summed E-state index contributed by atoms with van der Waals surface area (Å²) in [5, 5.41) is 0. The van der Waals surface area contributed by atoms with Gasteiger partial charge in [0, 0.05) is 0 Å². The highest BCUT2D eigenvalue weighted by atomic mass is 16.1. The molecule has 0 heterocycles. The molecule has 0 aliphatic carbocycles. The van der Waals surface area contributed by atoms with Crippen LogP contribution in [0.4, 0.5) is 0 Å². The maximum Gasteiger partial charge on any atom is 0.241 e. The van der Waals surface area contributed by atoms with E-state index in [1.165, 1.54) is 11.6 Å². The van der Waals surface area contributed by atoms with Gasteiger partial charge in [0.15, 0.2) is 0 Å². The molecule has 0 saturated heterocycles. The number of hydrogen-bond acceptors (Lipinski definition) is 1. The molecule has 0 aromatic heterocycles. The fourth-order valence-corrected chi connectivity index (χ4v) is 1.44. The van der Waals surface area contributed by atoms with Crippen LogP contribution in [0.25, 0.3) is 0 Å². The maximum atomic E-state index is 10.4. The summed E-state index contributed by atoms with van der Waals surface area (Å²) in [7, 11) is 0. The second kappa shape index (κ2) is 6.82. The van der Waals surface area contributed by atoms with Gasteiger partial charge in [0.05, 0.1) is 0 Å². The van der Waals surface area contributed by atoms with Crippen LogP contribution in [0.1, 0.15) is 24.8 Å². The summed E-state index contributed by atoms with van der Waals surface area (Å²) >= 11 is 0. The van der Waals surface area contributed by atoms with Crippen LogP contribution in [0.15, 0.2) is 42.5 Å². The molecule has 80 valence electrons. The van der Waals surface area contributed by atoms with Gasteiger partial charge in [-0.05, 0) is 37.3 Å². The summed E-state index contributed by atoms with van der Waals surface area (Å²) in [4.78, 5) is 10.4. The number of hydrogen-bond donors (Lipinski definition) is 1. The smallest absolute Gasteiger partial charge is 0.241 e. The molecule has 0 aliphatic rings. The molecule has 1 aromatic rings. The second-order valence-electron chi connectivity index (χ2n) is 3.54. The zero-order chi connectivity index (χ0) is 10.9. The highest BCUT2D eigenvalue weighted by Gasteiger charge is 1.91. The zero-order valence-corrected chi connectivity index (χ0v) is 8.86. The molecule has 1 amide bonds. The van der Waals surface area contributed by atoms with Gasteiger partial charge in [0.2, 0.25) is 5.91 Å². The Labute approximate surface area is 90.8 Å². The lowest BCUT2D eigenvalue weighted by Crippen LogP contribution is -2.05. The first-order valence-corrected chi connectivity index (χ1v) is 5.29. The van der Waals surface area contributed by atoms with Crippen LogP contribution in [-0.4, -0.2) is 5.91 Å². The van der Waals surface area contributed by atoms with Gasteiger partial charge < -0.3 is 5.73 Å². The van der Waals surface area contributed by atoms with Crippen LogP contribution in [0, 0.1) is 0 Å². The maximum absolute atomic E-state index is 10.4. The molecule has 0 spiro atoms. The largest absolute Gasteiger partial charge is 0.366 e. The highest BCUT2D eigenvalue weighted by molar-refractivity contribution is 5.85. The van der Waals surface area contributed by atoms with E-state index in [0.29, 0.717) is 0 Å². The Morgan fingerprint density at radius 3 is 2.60 bits per heavy atom. The van der Waals surface area contributed by atoms with Crippen molar-refractivity contribution in [1.29, 1.82) is 0 Å². The molecule has 1 rings (SSSR count). The van der Waals surface area contributed by atoms with Crippen LogP contribution in [0.5, 0.6) is 0 Å². The summed E-state index contributed by atoms with van der Waals surface area (Å²) in [5.41, 5.74) is 6.34. The lowest BCUT2D eigenvalue weighted by Gasteiger charge is -1.98. The fraction of sp³-hybridized carbons (Fsp3) is 0.308. The van der Waals surface area contributed by atoms with Gasteiger partial charge in [-0.1, -0.05) is 36.4 Å². The van der Waals surface area contributed by atoms with E-state index >= 15 is 0 Å². The zero-order valence-electron chi connectivity index (χ0n) is 8.86. The van der Waals surface area contributed by atoms with E-state index in [2.05, 4.69) is 24.3 Å². The number of allylic oxidation sites excluding steroid dienone is 1. The molecule has 1 aromatic carbocycles. The number of amides is 1. The van der Waals surface area contributed by atoms with Crippen molar-refractivity contribution in [3.05, 3.63) is 48.0 Å². The van der Waals surface area contributed by atoms with Gasteiger partial charge in [0.1, 0.15) is 0 Å².